The van der Waals surface area contributed by atoms with Crippen LogP contribution >= 0.6 is 0 Å². The molecular weight excluding hydrogens is 192 g/mol. The zero-order valence-electron chi connectivity index (χ0n) is 8.65. The van der Waals surface area contributed by atoms with Crippen molar-refractivity contribution in [3.63, 3.8) is 0 Å². The molecular formula is C10H16N4O. The van der Waals surface area contributed by atoms with Gasteiger partial charge in [-0.25, -0.2) is 0 Å². The molecule has 1 unspecified atom stereocenters. The molecule has 0 aromatic heterocycles. The van der Waals surface area contributed by atoms with Gasteiger partial charge < -0.3 is 11.1 Å². The molecule has 5 nitrogen and oxygen atoms in total. The van der Waals surface area contributed by atoms with Gasteiger partial charge in [0.2, 0.25) is 5.91 Å². The average Bonchev–Trinajstić information content (AvgIpc) is 2.30. The van der Waals surface area contributed by atoms with Crippen molar-refractivity contribution in [2.75, 3.05) is 19.6 Å². The smallest absolute Gasteiger partial charge is 0.244 e. The molecule has 82 valence electrons. The number of nitrogens with zero attached hydrogens (tertiary/aromatic N) is 2. The molecule has 1 fully saturated rings. The van der Waals surface area contributed by atoms with Gasteiger partial charge in [0.1, 0.15) is 6.04 Å². The second kappa shape index (κ2) is 4.53. The highest BCUT2D eigenvalue weighted by molar-refractivity contribution is 6.32. The number of rotatable bonds is 2. The second-order valence-electron chi connectivity index (χ2n) is 3.99. The Morgan fingerprint density at radius 1 is 1.47 bits per heavy atom. The Labute approximate surface area is 88.9 Å². The molecule has 0 aromatic rings. The normalized spacial score (nSPS) is 27.5. The molecule has 0 saturated carbocycles. The largest absolute Gasteiger partial charge is 0.368 e. The summed E-state index contributed by atoms with van der Waals surface area (Å²) in [5.74, 6) is 0.114. The third-order valence-corrected chi connectivity index (χ3v) is 2.92. The van der Waals surface area contributed by atoms with Crippen LogP contribution in [-0.2, 0) is 4.79 Å². The van der Waals surface area contributed by atoms with E-state index in [1.165, 1.54) is 0 Å². The van der Waals surface area contributed by atoms with Crippen LogP contribution < -0.4 is 11.1 Å². The molecule has 1 amide bonds. The summed E-state index contributed by atoms with van der Waals surface area (Å²) in [5, 5.41) is 3.31. The van der Waals surface area contributed by atoms with Gasteiger partial charge in [0, 0.05) is 12.1 Å². The summed E-state index contributed by atoms with van der Waals surface area (Å²) in [7, 11) is 0. The maximum Gasteiger partial charge on any atom is 0.244 e. The Morgan fingerprint density at radius 3 is 2.73 bits per heavy atom. The molecule has 2 heterocycles. The maximum atomic E-state index is 10.9. The van der Waals surface area contributed by atoms with Gasteiger partial charge in [-0.1, -0.05) is 0 Å². The number of piperidine rings is 1. The van der Waals surface area contributed by atoms with Crippen LogP contribution in [0.4, 0.5) is 0 Å². The van der Waals surface area contributed by atoms with E-state index in [1.54, 1.807) is 6.21 Å². The quantitative estimate of drug-likeness (QED) is 0.633. The predicted molar refractivity (Wildman–Crippen MR) is 59.4 cm³/mol. The lowest BCUT2D eigenvalue weighted by Crippen LogP contribution is -2.37. The summed E-state index contributed by atoms with van der Waals surface area (Å²) in [6.07, 6.45) is 3.94. The molecule has 2 rings (SSSR count). The number of hydrogen-bond donors (Lipinski definition) is 2. The van der Waals surface area contributed by atoms with E-state index >= 15 is 0 Å². The fraction of sp³-hybridized carbons (Fsp3) is 0.700. The van der Waals surface area contributed by atoms with Gasteiger partial charge in [-0.2, -0.15) is 0 Å². The Kier molecular flexibility index (Phi) is 3.11. The highest BCUT2D eigenvalue weighted by Crippen LogP contribution is 2.15. The minimum absolute atomic E-state index is 0.389. The number of carbonyl (C=O) groups excluding carboxylic acids is 1. The van der Waals surface area contributed by atoms with Gasteiger partial charge in [-0.3, -0.25) is 14.8 Å². The van der Waals surface area contributed by atoms with Gasteiger partial charge >= 0.3 is 0 Å². The third-order valence-electron chi connectivity index (χ3n) is 2.92. The zero-order chi connectivity index (χ0) is 10.7. The lowest BCUT2D eigenvalue weighted by Gasteiger charge is -2.24. The van der Waals surface area contributed by atoms with Crippen LogP contribution in [-0.4, -0.2) is 43.5 Å². The summed E-state index contributed by atoms with van der Waals surface area (Å²) in [5.41, 5.74) is 6.20. The summed E-state index contributed by atoms with van der Waals surface area (Å²) in [6, 6.07) is -0.449. The number of amides is 1. The first-order valence-electron chi connectivity index (χ1n) is 5.35. The number of aliphatic imine (C=N–C) groups is 2. The standard InChI is InChI=1S/C10H16N4O/c11-10(15)9-6-13-8(5-14-9)7-1-3-12-4-2-7/h5,7,9,12H,1-4,6H2,(H2,11,15). The molecule has 0 bridgehead atoms. The van der Waals surface area contributed by atoms with E-state index in [9.17, 15) is 4.79 Å². The first-order chi connectivity index (χ1) is 7.27. The molecule has 0 aliphatic carbocycles. The summed E-state index contributed by atoms with van der Waals surface area (Å²) in [6.45, 7) is 2.50. The predicted octanol–water partition coefficient (Wildman–Crippen LogP) is -0.635. The third kappa shape index (κ3) is 2.41. The van der Waals surface area contributed by atoms with Gasteiger partial charge in [-0.15, -0.1) is 0 Å². The number of nitrogens with one attached hydrogen (secondary N) is 1. The highest BCUT2D eigenvalue weighted by Gasteiger charge is 2.22. The summed E-state index contributed by atoms with van der Waals surface area (Å²) >= 11 is 0. The van der Waals surface area contributed by atoms with E-state index in [4.69, 9.17) is 5.73 Å². The Hall–Kier alpha value is -1.23. The first kappa shape index (κ1) is 10.3. The van der Waals surface area contributed by atoms with Crippen LogP contribution in [0.5, 0.6) is 0 Å². The Bertz CT molecular complexity index is 305. The molecule has 1 atom stereocenters. The lowest BCUT2D eigenvalue weighted by atomic mass is 9.93. The number of hydrogen-bond acceptors (Lipinski definition) is 4. The topological polar surface area (TPSA) is 79.8 Å². The van der Waals surface area contributed by atoms with E-state index in [0.717, 1.165) is 31.6 Å². The fourth-order valence-electron chi connectivity index (χ4n) is 1.96. The first-order valence-corrected chi connectivity index (χ1v) is 5.35. The van der Waals surface area contributed by atoms with Gasteiger partial charge in [0.05, 0.1) is 12.3 Å². The maximum absolute atomic E-state index is 10.9. The highest BCUT2D eigenvalue weighted by atomic mass is 16.1. The van der Waals surface area contributed by atoms with Crippen LogP contribution in [0.2, 0.25) is 0 Å². The molecule has 2 aliphatic rings. The van der Waals surface area contributed by atoms with Crippen LogP contribution in [0, 0.1) is 5.92 Å². The average molecular weight is 208 g/mol. The molecule has 0 spiro atoms. The minimum Gasteiger partial charge on any atom is -0.368 e. The summed E-state index contributed by atoms with van der Waals surface area (Å²) in [4.78, 5) is 19.4. The van der Waals surface area contributed by atoms with Crippen LogP contribution in [0.15, 0.2) is 9.98 Å². The Balaban J connectivity index is 1.95. The van der Waals surface area contributed by atoms with Gasteiger partial charge in [0.15, 0.2) is 0 Å². The fourth-order valence-corrected chi connectivity index (χ4v) is 1.96. The van der Waals surface area contributed by atoms with Gasteiger partial charge in [0.25, 0.3) is 0 Å². The van der Waals surface area contributed by atoms with Crippen molar-refractivity contribution in [2.45, 2.75) is 18.9 Å². The molecule has 2 aliphatic heterocycles. The number of carbonyl (C=O) groups is 1. The zero-order valence-corrected chi connectivity index (χ0v) is 8.65. The van der Waals surface area contributed by atoms with Crippen LogP contribution in [0.3, 0.4) is 0 Å². The van der Waals surface area contributed by atoms with Crippen molar-refractivity contribution in [3.05, 3.63) is 0 Å². The van der Waals surface area contributed by atoms with Crippen molar-refractivity contribution < 1.29 is 4.79 Å². The minimum atomic E-state index is -0.449. The molecule has 0 aromatic carbocycles. The lowest BCUT2D eigenvalue weighted by molar-refractivity contribution is -0.118. The van der Waals surface area contributed by atoms with E-state index in [0.29, 0.717) is 12.5 Å². The molecule has 1 saturated heterocycles. The van der Waals surface area contributed by atoms with Crippen molar-refractivity contribution >= 4 is 17.8 Å². The van der Waals surface area contributed by atoms with E-state index in [-0.39, 0.29) is 5.91 Å². The van der Waals surface area contributed by atoms with E-state index < -0.39 is 6.04 Å². The van der Waals surface area contributed by atoms with Crippen molar-refractivity contribution in [3.8, 4) is 0 Å². The molecule has 0 radical (unpaired) electrons. The second-order valence-corrected chi connectivity index (χ2v) is 3.99. The van der Waals surface area contributed by atoms with E-state index in [2.05, 4.69) is 15.3 Å². The van der Waals surface area contributed by atoms with Crippen LogP contribution in [0.1, 0.15) is 12.8 Å². The SMILES string of the molecule is NC(=O)C1CN=C(C2CCNCC2)C=N1. The summed E-state index contributed by atoms with van der Waals surface area (Å²) < 4.78 is 0. The van der Waals surface area contributed by atoms with Crippen molar-refractivity contribution in [2.24, 2.45) is 21.6 Å². The van der Waals surface area contributed by atoms with Crippen molar-refractivity contribution in [1.29, 1.82) is 0 Å². The molecule has 15 heavy (non-hydrogen) atoms. The number of nitrogens with two attached hydrogens (primary N) is 1. The molecule has 3 N–H and O–H groups in total. The number of primary amides is 1. The van der Waals surface area contributed by atoms with Crippen LogP contribution in [0.25, 0.3) is 0 Å². The van der Waals surface area contributed by atoms with E-state index in [1.807, 2.05) is 0 Å². The monoisotopic (exact) mass is 208 g/mol. The van der Waals surface area contributed by atoms with Crippen molar-refractivity contribution in [1.82, 2.24) is 5.32 Å². The Morgan fingerprint density at radius 2 is 2.20 bits per heavy atom. The van der Waals surface area contributed by atoms with Gasteiger partial charge in [-0.05, 0) is 25.9 Å². The molecule has 5 heteroatoms.